The van der Waals surface area contributed by atoms with E-state index in [0.29, 0.717) is 17.4 Å². The minimum Gasteiger partial charge on any atom is -0.545 e. The van der Waals surface area contributed by atoms with Crippen molar-refractivity contribution in [2.24, 2.45) is 0 Å². The molecule has 0 heterocycles. The summed E-state index contributed by atoms with van der Waals surface area (Å²) in [7, 11) is 5.88. The Morgan fingerprint density at radius 3 is 1.80 bits per heavy atom. The van der Waals surface area contributed by atoms with Crippen LogP contribution in [-0.4, -0.2) is 82.3 Å². The van der Waals surface area contributed by atoms with E-state index in [0.717, 1.165) is 64.2 Å². The number of quaternary nitrogens is 1. The molecule has 46 heavy (non-hydrogen) atoms. The summed E-state index contributed by atoms with van der Waals surface area (Å²) >= 11 is 0. The van der Waals surface area contributed by atoms with Gasteiger partial charge in [0.1, 0.15) is 13.2 Å². The van der Waals surface area contributed by atoms with Crippen LogP contribution in [0.2, 0.25) is 0 Å². The van der Waals surface area contributed by atoms with Crippen LogP contribution >= 0.6 is 0 Å². The fraction of sp³-hybridized carbons (Fsp3) is 0.811. The highest BCUT2D eigenvalue weighted by molar-refractivity contribution is 5.70. The van der Waals surface area contributed by atoms with Crippen molar-refractivity contribution in [3.8, 4) is 0 Å². The van der Waals surface area contributed by atoms with Crippen molar-refractivity contribution >= 4 is 17.9 Å². The monoisotopic (exact) mass is 653 g/mol. The molecule has 0 radical (unpaired) electrons. The fourth-order valence-electron chi connectivity index (χ4n) is 4.57. The number of rotatable bonds is 32. The Kier molecular flexibility index (Phi) is 28.7. The Morgan fingerprint density at radius 1 is 0.652 bits per heavy atom. The number of aliphatic carboxylic acids is 1. The Bertz CT molecular complexity index is 821. The maximum Gasteiger partial charge on any atom is 0.306 e. The summed E-state index contributed by atoms with van der Waals surface area (Å²) < 4.78 is 22.3. The number of carbonyl (C=O) groups is 3. The van der Waals surface area contributed by atoms with E-state index in [1.807, 2.05) is 21.1 Å². The van der Waals surface area contributed by atoms with Gasteiger partial charge < -0.3 is 33.3 Å². The zero-order chi connectivity index (χ0) is 34.3. The van der Waals surface area contributed by atoms with Crippen molar-refractivity contribution in [1.29, 1.82) is 0 Å². The first-order valence-electron chi connectivity index (χ1n) is 18.0. The van der Waals surface area contributed by atoms with Crippen LogP contribution in [0.25, 0.3) is 0 Å². The van der Waals surface area contributed by atoms with Gasteiger partial charge in [-0.25, -0.2) is 0 Å². The molecule has 0 rings (SSSR count). The van der Waals surface area contributed by atoms with Crippen molar-refractivity contribution in [2.45, 2.75) is 148 Å². The summed E-state index contributed by atoms with van der Waals surface area (Å²) in [6.07, 6.45) is 25.1. The Hall–Kier alpha value is -2.23. The Balaban J connectivity index is 4.60. The van der Waals surface area contributed by atoms with Crippen molar-refractivity contribution in [3.05, 3.63) is 24.3 Å². The van der Waals surface area contributed by atoms with E-state index in [1.165, 1.54) is 38.5 Å². The molecule has 0 aliphatic rings. The molecule has 0 aromatic carbocycles. The molecule has 0 N–H and O–H groups in total. The first kappa shape index (κ1) is 43.8. The Morgan fingerprint density at radius 2 is 1.22 bits per heavy atom. The average molecular weight is 654 g/mol. The third kappa shape index (κ3) is 30.4. The van der Waals surface area contributed by atoms with Gasteiger partial charge in [-0.3, -0.25) is 9.59 Å². The largest absolute Gasteiger partial charge is 0.545 e. The number of ether oxygens (including phenoxy) is 4. The van der Waals surface area contributed by atoms with Crippen LogP contribution in [-0.2, 0) is 33.3 Å². The van der Waals surface area contributed by atoms with Crippen molar-refractivity contribution in [3.63, 3.8) is 0 Å². The smallest absolute Gasteiger partial charge is 0.306 e. The van der Waals surface area contributed by atoms with Crippen LogP contribution in [0.3, 0.4) is 0 Å². The van der Waals surface area contributed by atoms with Crippen LogP contribution in [0.5, 0.6) is 0 Å². The number of nitrogens with zero attached hydrogens (tertiary/aromatic N) is 1. The predicted octanol–water partition coefficient (Wildman–Crippen LogP) is 6.82. The molecule has 2 atom stereocenters. The van der Waals surface area contributed by atoms with Gasteiger partial charge in [0.25, 0.3) is 0 Å². The van der Waals surface area contributed by atoms with Crippen LogP contribution in [0.1, 0.15) is 136 Å². The number of likely N-dealkylation sites (N-methyl/N-ethyl adjacent to an activating group) is 1. The summed E-state index contributed by atoms with van der Waals surface area (Å²) in [6.45, 7) is 4.59. The summed E-state index contributed by atoms with van der Waals surface area (Å²) in [5.41, 5.74) is 0. The molecule has 0 saturated carbocycles. The number of allylic oxidation sites excluding steroid dienone is 4. The second-order valence-electron chi connectivity index (χ2n) is 13.2. The van der Waals surface area contributed by atoms with Gasteiger partial charge in [0.05, 0.1) is 40.3 Å². The van der Waals surface area contributed by atoms with E-state index in [2.05, 4.69) is 38.2 Å². The summed E-state index contributed by atoms with van der Waals surface area (Å²) in [5, 5.41) is 11.6. The molecule has 2 unspecified atom stereocenters. The molecule has 0 aromatic heterocycles. The average Bonchev–Trinajstić information content (AvgIpc) is 3.00. The van der Waals surface area contributed by atoms with E-state index in [1.54, 1.807) is 0 Å². The predicted molar refractivity (Wildman–Crippen MR) is 182 cm³/mol. The summed E-state index contributed by atoms with van der Waals surface area (Å²) in [4.78, 5) is 36.5. The number of carboxylic acid groups (broad SMARTS) is 1. The normalized spacial score (nSPS) is 13.3. The lowest BCUT2D eigenvalue weighted by molar-refractivity contribution is -0.870. The molecule has 0 amide bonds. The lowest BCUT2D eigenvalue weighted by Gasteiger charge is -2.26. The van der Waals surface area contributed by atoms with Gasteiger partial charge >= 0.3 is 11.9 Å². The maximum atomic E-state index is 12.6. The van der Waals surface area contributed by atoms with Crippen molar-refractivity contribution in [2.75, 3.05) is 47.5 Å². The molecule has 0 bridgehead atoms. The number of hydrogen-bond acceptors (Lipinski definition) is 8. The second kappa shape index (κ2) is 30.1. The Labute approximate surface area is 280 Å². The molecule has 268 valence electrons. The first-order chi connectivity index (χ1) is 22.1. The quantitative estimate of drug-likeness (QED) is 0.0256. The topological polar surface area (TPSA) is 111 Å². The summed E-state index contributed by atoms with van der Waals surface area (Å²) in [5.74, 6) is -2.31. The van der Waals surface area contributed by atoms with Crippen molar-refractivity contribution < 1.29 is 42.9 Å². The number of unbranched alkanes of at least 4 members (excludes halogenated alkanes) is 13. The van der Waals surface area contributed by atoms with Crippen molar-refractivity contribution in [1.82, 2.24) is 0 Å². The lowest BCUT2D eigenvalue weighted by Crippen LogP contribution is -2.44. The molecular formula is C37H67NO8. The van der Waals surface area contributed by atoms with Crippen LogP contribution in [0.15, 0.2) is 24.3 Å². The second-order valence-corrected chi connectivity index (χ2v) is 13.2. The highest BCUT2D eigenvalue weighted by Crippen LogP contribution is 2.12. The van der Waals surface area contributed by atoms with E-state index >= 15 is 0 Å². The number of esters is 2. The molecular weight excluding hydrogens is 586 g/mol. The molecule has 0 fully saturated rings. The van der Waals surface area contributed by atoms with E-state index < -0.39 is 24.3 Å². The fourth-order valence-corrected chi connectivity index (χ4v) is 4.57. The third-order valence-corrected chi connectivity index (χ3v) is 7.43. The SMILES string of the molecule is CCC/C=C\C/C=C\CCCCCCCC(=O)OC(COC(=O)CCCCCCCCCC)COC(OCC[N+](C)(C)C)C(=O)[O-]. The minimum atomic E-state index is -1.62. The molecule has 0 aliphatic heterocycles. The molecule has 9 heteroatoms. The highest BCUT2D eigenvalue weighted by atomic mass is 16.7. The van der Waals surface area contributed by atoms with Gasteiger partial charge in [-0.15, -0.1) is 0 Å². The van der Waals surface area contributed by atoms with Crippen LogP contribution < -0.4 is 5.11 Å². The number of carbonyl (C=O) groups excluding carboxylic acids is 3. The molecule has 0 spiro atoms. The lowest BCUT2D eigenvalue weighted by atomic mass is 10.1. The number of carboxylic acids is 1. The van der Waals surface area contributed by atoms with E-state index in [-0.39, 0.29) is 38.6 Å². The molecule has 9 nitrogen and oxygen atoms in total. The van der Waals surface area contributed by atoms with Crippen LogP contribution in [0, 0.1) is 0 Å². The molecule has 0 saturated heterocycles. The summed E-state index contributed by atoms with van der Waals surface area (Å²) in [6, 6.07) is 0. The maximum absolute atomic E-state index is 12.6. The standard InChI is InChI=1S/C37H67NO8/c1-6-8-10-12-14-16-17-18-19-20-22-24-26-28-35(40)46-33(32-45-37(36(41)42)43-30-29-38(3,4)5)31-44-34(39)27-25-23-21-15-13-11-9-7-2/h10,12,16-17,33,37H,6-9,11,13-15,18-32H2,1-5H3/b12-10-,17-16-. The zero-order valence-electron chi connectivity index (χ0n) is 29.9. The van der Waals surface area contributed by atoms with Gasteiger partial charge in [-0.05, 0) is 38.5 Å². The van der Waals surface area contributed by atoms with Gasteiger partial charge in [0.2, 0.25) is 0 Å². The van der Waals surface area contributed by atoms with E-state index in [4.69, 9.17) is 18.9 Å². The highest BCUT2D eigenvalue weighted by Gasteiger charge is 2.21. The van der Waals surface area contributed by atoms with Gasteiger partial charge in [-0.2, -0.15) is 0 Å². The molecule has 0 aliphatic carbocycles. The van der Waals surface area contributed by atoms with E-state index in [9.17, 15) is 19.5 Å². The van der Waals surface area contributed by atoms with Gasteiger partial charge in [-0.1, -0.05) is 109 Å². The zero-order valence-corrected chi connectivity index (χ0v) is 29.9. The van der Waals surface area contributed by atoms with Gasteiger partial charge in [0.15, 0.2) is 12.4 Å². The first-order valence-corrected chi connectivity index (χ1v) is 18.0. The molecule has 0 aromatic rings. The van der Waals surface area contributed by atoms with Crippen LogP contribution in [0.4, 0.5) is 0 Å². The number of hydrogen-bond donors (Lipinski definition) is 0. The minimum absolute atomic E-state index is 0.146. The third-order valence-electron chi connectivity index (χ3n) is 7.43. The van der Waals surface area contributed by atoms with Gasteiger partial charge in [0, 0.05) is 12.8 Å².